The van der Waals surface area contributed by atoms with E-state index in [1.54, 1.807) is 0 Å². The molecule has 100 valence electrons. The van der Waals surface area contributed by atoms with Crippen LogP contribution in [-0.4, -0.2) is 0 Å². The highest BCUT2D eigenvalue weighted by molar-refractivity contribution is 5.00. The van der Waals surface area contributed by atoms with Gasteiger partial charge < -0.3 is 0 Å². The second-order valence-electron chi connectivity index (χ2n) is 4.92. The highest BCUT2D eigenvalue weighted by Gasteiger charge is 1.91. The van der Waals surface area contributed by atoms with Gasteiger partial charge in [0.25, 0.3) is 0 Å². The lowest BCUT2D eigenvalue weighted by atomic mass is 10.1. The van der Waals surface area contributed by atoms with Crippen LogP contribution in [0.2, 0.25) is 0 Å². The zero-order valence-corrected chi connectivity index (χ0v) is 12.1. The molecule has 0 aromatic carbocycles. The number of hydrogen-bond acceptors (Lipinski definition) is 0. The molecule has 0 saturated heterocycles. The fourth-order valence-corrected chi connectivity index (χ4v) is 2.04. The zero-order chi connectivity index (χ0) is 12.6. The summed E-state index contributed by atoms with van der Waals surface area (Å²) in [4.78, 5) is 0. The molecule has 0 heteroatoms. The Morgan fingerprint density at radius 1 is 0.647 bits per heavy atom. The van der Waals surface area contributed by atoms with E-state index in [4.69, 9.17) is 0 Å². The molecule has 0 spiro atoms. The minimum absolute atomic E-state index is 1.25. The Morgan fingerprint density at radius 2 is 1.18 bits per heavy atom. The predicted molar refractivity (Wildman–Crippen MR) is 80.4 cm³/mol. The summed E-state index contributed by atoms with van der Waals surface area (Å²) in [6.07, 6.45) is 24.2. The van der Waals surface area contributed by atoms with Crippen LogP contribution in [0.15, 0.2) is 24.3 Å². The van der Waals surface area contributed by atoms with Gasteiger partial charge in [-0.05, 0) is 19.8 Å². The zero-order valence-electron chi connectivity index (χ0n) is 12.1. The number of unbranched alkanes of at least 4 members (excludes halogenated alkanes) is 10. The van der Waals surface area contributed by atoms with E-state index in [0.29, 0.717) is 0 Å². The lowest BCUT2D eigenvalue weighted by Crippen LogP contribution is -1.81. The molecule has 0 saturated carbocycles. The first-order chi connectivity index (χ1) is 8.41. The summed E-state index contributed by atoms with van der Waals surface area (Å²) in [6.45, 7) is 4.34. The maximum atomic E-state index is 2.28. The molecule has 0 radical (unpaired) electrons. The Balaban J connectivity index is 2.98. The Kier molecular flexibility index (Phi) is 15.0. The van der Waals surface area contributed by atoms with Gasteiger partial charge in [-0.2, -0.15) is 0 Å². The molecule has 0 amide bonds. The maximum Gasteiger partial charge on any atom is -0.0348 e. The van der Waals surface area contributed by atoms with Crippen molar-refractivity contribution in [3.05, 3.63) is 24.3 Å². The van der Waals surface area contributed by atoms with Crippen LogP contribution in [0.5, 0.6) is 0 Å². The van der Waals surface area contributed by atoms with Gasteiger partial charge >= 0.3 is 0 Å². The normalized spacial score (nSPS) is 11.9. The van der Waals surface area contributed by atoms with Crippen LogP contribution in [0.25, 0.3) is 0 Å². The van der Waals surface area contributed by atoms with Crippen molar-refractivity contribution in [3.63, 3.8) is 0 Å². The predicted octanol–water partition coefficient (Wildman–Crippen LogP) is 6.43. The van der Waals surface area contributed by atoms with Crippen molar-refractivity contribution >= 4 is 0 Å². The van der Waals surface area contributed by atoms with Crippen molar-refractivity contribution in [2.75, 3.05) is 0 Å². The molecule has 0 rings (SSSR count). The van der Waals surface area contributed by atoms with Crippen LogP contribution in [0.3, 0.4) is 0 Å². The molecule has 0 unspecified atom stereocenters. The summed E-state index contributed by atoms with van der Waals surface area (Å²) in [5, 5.41) is 0. The van der Waals surface area contributed by atoms with Crippen LogP contribution < -0.4 is 0 Å². The Morgan fingerprint density at radius 3 is 1.71 bits per heavy atom. The quantitative estimate of drug-likeness (QED) is 0.270. The first-order valence-electron chi connectivity index (χ1n) is 7.69. The molecule has 0 heterocycles. The van der Waals surface area contributed by atoms with E-state index >= 15 is 0 Å². The third kappa shape index (κ3) is 15.5. The molecule has 0 N–H and O–H groups in total. The van der Waals surface area contributed by atoms with E-state index in [1.807, 2.05) is 0 Å². The minimum atomic E-state index is 1.25. The third-order valence-electron chi connectivity index (χ3n) is 3.16. The van der Waals surface area contributed by atoms with Crippen LogP contribution in [-0.2, 0) is 0 Å². The second-order valence-corrected chi connectivity index (χ2v) is 4.92. The topological polar surface area (TPSA) is 0 Å². The molecule has 0 bridgehead atoms. The molecule has 0 nitrogen and oxygen atoms in total. The van der Waals surface area contributed by atoms with Crippen molar-refractivity contribution in [1.82, 2.24) is 0 Å². The number of allylic oxidation sites excluding steroid dienone is 4. The van der Waals surface area contributed by atoms with E-state index < -0.39 is 0 Å². The smallest absolute Gasteiger partial charge is 0.0348 e. The summed E-state index contributed by atoms with van der Waals surface area (Å²) < 4.78 is 0. The fourth-order valence-electron chi connectivity index (χ4n) is 2.04. The summed E-state index contributed by atoms with van der Waals surface area (Å²) in [7, 11) is 0. The van der Waals surface area contributed by atoms with E-state index in [9.17, 15) is 0 Å². The average Bonchev–Trinajstić information content (AvgIpc) is 2.35. The van der Waals surface area contributed by atoms with Crippen molar-refractivity contribution < 1.29 is 0 Å². The Labute approximate surface area is 109 Å². The molecule has 0 atom stereocenters. The molecule has 0 aromatic rings. The highest BCUT2D eigenvalue weighted by atomic mass is 14.0. The van der Waals surface area contributed by atoms with Crippen molar-refractivity contribution in [2.24, 2.45) is 0 Å². The summed E-state index contributed by atoms with van der Waals surface area (Å²) in [5.74, 6) is 0. The van der Waals surface area contributed by atoms with E-state index in [-0.39, 0.29) is 0 Å². The average molecular weight is 236 g/mol. The van der Waals surface area contributed by atoms with E-state index in [1.165, 1.54) is 70.6 Å². The minimum Gasteiger partial charge on any atom is -0.0877 e. The third-order valence-corrected chi connectivity index (χ3v) is 3.16. The number of rotatable bonds is 12. The fraction of sp³-hybridized carbons (Fsp3) is 0.765. The van der Waals surface area contributed by atoms with Gasteiger partial charge in [-0.3, -0.25) is 0 Å². The largest absolute Gasteiger partial charge is 0.0877 e. The van der Waals surface area contributed by atoms with Crippen molar-refractivity contribution in [2.45, 2.75) is 84.5 Å². The molecule has 17 heavy (non-hydrogen) atoms. The molecule has 0 aliphatic rings. The molecular formula is C17H32. The van der Waals surface area contributed by atoms with Gasteiger partial charge in [0.1, 0.15) is 0 Å². The van der Waals surface area contributed by atoms with Crippen molar-refractivity contribution in [1.29, 1.82) is 0 Å². The van der Waals surface area contributed by atoms with Gasteiger partial charge in [-0.15, -0.1) is 0 Å². The number of hydrogen-bond donors (Lipinski definition) is 0. The summed E-state index contributed by atoms with van der Waals surface area (Å²) in [5.41, 5.74) is 0. The molecule has 0 aliphatic heterocycles. The van der Waals surface area contributed by atoms with Gasteiger partial charge in [0, 0.05) is 0 Å². The summed E-state index contributed by atoms with van der Waals surface area (Å²) in [6, 6.07) is 0. The summed E-state index contributed by atoms with van der Waals surface area (Å²) >= 11 is 0. The highest BCUT2D eigenvalue weighted by Crippen LogP contribution is 2.11. The first-order valence-corrected chi connectivity index (χ1v) is 7.69. The van der Waals surface area contributed by atoms with Gasteiger partial charge in [-0.25, -0.2) is 0 Å². The van der Waals surface area contributed by atoms with Gasteiger partial charge in [0.2, 0.25) is 0 Å². The maximum absolute atomic E-state index is 2.28. The Hall–Kier alpha value is -0.520. The van der Waals surface area contributed by atoms with Crippen molar-refractivity contribution in [3.8, 4) is 0 Å². The lowest BCUT2D eigenvalue weighted by Gasteiger charge is -2.01. The van der Waals surface area contributed by atoms with Crippen LogP contribution in [0.4, 0.5) is 0 Å². The van der Waals surface area contributed by atoms with Gasteiger partial charge in [0.05, 0.1) is 0 Å². The molecule has 0 aliphatic carbocycles. The van der Waals surface area contributed by atoms with Gasteiger partial charge in [0.15, 0.2) is 0 Å². The van der Waals surface area contributed by atoms with E-state index in [0.717, 1.165) is 0 Å². The standard InChI is InChI=1S/C17H32/c1-3-5-7-9-11-13-15-17-16-14-12-10-8-6-4-2/h3,5,7,9H,4,6,8,10-17H2,1-2H3/b5-3?,9-7+. The SMILES string of the molecule is CC=C/C=C/CCCCCCCCCCCC. The second kappa shape index (κ2) is 15.5. The van der Waals surface area contributed by atoms with E-state index in [2.05, 4.69) is 38.2 Å². The first kappa shape index (κ1) is 16.5. The van der Waals surface area contributed by atoms with Crippen LogP contribution in [0, 0.1) is 0 Å². The van der Waals surface area contributed by atoms with Crippen LogP contribution >= 0.6 is 0 Å². The molecule has 0 aromatic heterocycles. The van der Waals surface area contributed by atoms with Crippen LogP contribution in [0.1, 0.15) is 84.5 Å². The lowest BCUT2D eigenvalue weighted by molar-refractivity contribution is 0.557. The van der Waals surface area contributed by atoms with Gasteiger partial charge in [-0.1, -0.05) is 89.0 Å². The Bertz CT molecular complexity index is 176. The monoisotopic (exact) mass is 236 g/mol. The molecular weight excluding hydrogens is 204 g/mol. The molecule has 0 fully saturated rings.